The molecule has 0 unspecified atom stereocenters. The van der Waals surface area contributed by atoms with Crippen LogP contribution in [0, 0.1) is 0 Å². The van der Waals surface area contributed by atoms with E-state index in [1.807, 2.05) is 0 Å². The van der Waals surface area contributed by atoms with Gasteiger partial charge in [0.15, 0.2) is 0 Å². The first-order valence-corrected chi connectivity index (χ1v) is 7.53. The minimum absolute atomic E-state index is 0.177. The molecule has 0 saturated carbocycles. The molecular weight excluding hydrogens is 284 g/mol. The van der Waals surface area contributed by atoms with Crippen molar-refractivity contribution in [1.82, 2.24) is 9.80 Å². The van der Waals surface area contributed by atoms with Crippen LogP contribution in [0.3, 0.4) is 0 Å². The van der Waals surface area contributed by atoms with Crippen LogP contribution in [-0.2, 0) is 35.8 Å². The van der Waals surface area contributed by atoms with Crippen molar-refractivity contribution in [2.45, 2.75) is 39.0 Å². The Morgan fingerprint density at radius 3 is 1.36 bits per heavy atom. The number of carboxylic acid groups (broad SMARTS) is 2. The van der Waals surface area contributed by atoms with Gasteiger partial charge in [0, 0.05) is 39.3 Å². The van der Waals surface area contributed by atoms with Crippen LogP contribution >= 0.6 is 0 Å². The second-order valence-corrected chi connectivity index (χ2v) is 6.10. The lowest BCUT2D eigenvalue weighted by Gasteiger charge is -2.13. The molecule has 1 aromatic carbocycles. The molecule has 3 rings (SSSR count). The number of hydrogen-bond acceptors (Lipinski definition) is 4. The summed E-state index contributed by atoms with van der Waals surface area (Å²) in [6, 6.07) is 4.43. The Morgan fingerprint density at radius 1 is 0.773 bits per heavy atom. The normalized spacial score (nSPS) is 17.5. The molecule has 0 fully saturated rings. The summed E-state index contributed by atoms with van der Waals surface area (Å²) < 4.78 is 0. The van der Waals surface area contributed by atoms with Gasteiger partial charge in [-0.2, -0.15) is 0 Å². The quantitative estimate of drug-likeness (QED) is 0.823. The molecule has 0 radical (unpaired) electrons. The zero-order valence-corrected chi connectivity index (χ0v) is 12.4. The first kappa shape index (κ1) is 15.0. The number of hydrogen-bond donors (Lipinski definition) is 2. The van der Waals surface area contributed by atoms with E-state index in [-0.39, 0.29) is 12.8 Å². The third kappa shape index (κ3) is 3.28. The maximum Gasteiger partial charge on any atom is 0.304 e. The van der Waals surface area contributed by atoms with E-state index in [1.54, 1.807) is 0 Å². The molecule has 2 aliphatic rings. The van der Waals surface area contributed by atoms with Crippen molar-refractivity contribution in [2.24, 2.45) is 0 Å². The number of aliphatic carboxylic acids is 2. The van der Waals surface area contributed by atoms with Gasteiger partial charge in [-0.25, -0.2) is 0 Å². The Labute approximate surface area is 129 Å². The Bertz CT molecular complexity index is 530. The van der Waals surface area contributed by atoms with Gasteiger partial charge >= 0.3 is 11.9 Å². The predicted octanol–water partition coefficient (Wildman–Crippen LogP) is 1.27. The van der Waals surface area contributed by atoms with Crippen LogP contribution in [0.1, 0.15) is 35.1 Å². The van der Waals surface area contributed by atoms with E-state index in [2.05, 4.69) is 21.9 Å². The number of nitrogens with zero attached hydrogens (tertiary/aromatic N) is 2. The van der Waals surface area contributed by atoms with Gasteiger partial charge in [-0.1, -0.05) is 12.1 Å². The van der Waals surface area contributed by atoms with Gasteiger partial charge in [0.2, 0.25) is 0 Å². The van der Waals surface area contributed by atoms with Crippen LogP contribution in [-0.4, -0.2) is 45.0 Å². The fourth-order valence-electron chi connectivity index (χ4n) is 3.28. The summed E-state index contributed by atoms with van der Waals surface area (Å²) >= 11 is 0. The lowest BCUT2D eigenvalue weighted by Crippen LogP contribution is -2.20. The van der Waals surface area contributed by atoms with Gasteiger partial charge in [0.1, 0.15) is 0 Å². The highest BCUT2D eigenvalue weighted by Crippen LogP contribution is 2.31. The lowest BCUT2D eigenvalue weighted by atomic mass is 10.0. The fourth-order valence-corrected chi connectivity index (χ4v) is 3.28. The van der Waals surface area contributed by atoms with Crippen molar-refractivity contribution in [2.75, 3.05) is 13.1 Å². The summed E-state index contributed by atoms with van der Waals surface area (Å²) in [4.78, 5) is 25.7. The second-order valence-electron chi connectivity index (χ2n) is 6.10. The Morgan fingerprint density at radius 2 is 1.09 bits per heavy atom. The smallest absolute Gasteiger partial charge is 0.304 e. The summed E-state index contributed by atoms with van der Waals surface area (Å²) in [5, 5.41) is 17.5. The molecule has 2 N–H and O–H groups in total. The van der Waals surface area contributed by atoms with E-state index < -0.39 is 11.9 Å². The molecule has 0 spiro atoms. The molecule has 1 aromatic rings. The van der Waals surface area contributed by atoms with Crippen molar-refractivity contribution in [3.8, 4) is 0 Å². The number of fused-ring (bicyclic) bond motifs is 2. The van der Waals surface area contributed by atoms with Crippen LogP contribution in [0.15, 0.2) is 12.1 Å². The molecule has 6 nitrogen and oxygen atoms in total. The molecule has 2 aliphatic heterocycles. The van der Waals surface area contributed by atoms with Crippen LogP contribution in [0.4, 0.5) is 0 Å². The highest BCUT2D eigenvalue weighted by Gasteiger charge is 2.25. The molecule has 0 amide bonds. The largest absolute Gasteiger partial charge is 0.481 e. The molecule has 0 bridgehead atoms. The van der Waals surface area contributed by atoms with E-state index >= 15 is 0 Å². The third-order valence-corrected chi connectivity index (χ3v) is 4.38. The van der Waals surface area contributed by atoms with E-state index in [0.29, 0.717) is 13.1 Å². The molecule has 2 heterocycles. The van der Waals surface area contributed by atoms with Crippen LogP contribution < -0.4 is 0 Å². The van der Waals surface area contributed by atoms with E-state index in [9.17, 15) is 9.59 Å². The number of carboxylic acids is 2. The monoisotopic (exact) mass is 304 g/mol. The van der Waals surface area contributed by atoms with Gasteiger partial charge in [-0.15, -0.1) is 0 Å². The van der Waals surface area contributed by atoms with Gasteiger partial charge in [-0.05, 0) is 22.3 Å². The van der Waals surface area contributed by atoms with Gasteiger partial charge in [-0.3, -0.25) is 19.4 Å². The van der Waals surface area contributed by atoms with Crippen molar-refractivity contribution < 1.29 is 19.8 Å². The minimum Gasteiger partial charge on any atom is -0.481 e. The maximum absolute atomic E-state index is 10.7. The average molecular weight is 304 g/mol. The summed E-state index contributed by atoms with van der Waals surface area (Å²) in [6.07, 6.45) is 0.355. The lowest BCUT2D eigenvalue weighted by molar-refractivity contribution is -0.138. The van der Waals surface area contributed by atoms with Crippen molar-refractivity contribution >= 4 is 11.9 Å². The molecule has 118 valence electrons. The van der Waals surface area contributed by atoms with Crippen LogP contribution in [0.5, 0.6) is 0 Å². The second kappa shape index (κ2) is 6.06. The zero-order chi connectivity index (χ0) is 15.7. The number of benzene rings is 1. The molecular formula is C16H20N2O4. The number of rotatable bonds is 6. The standard InChI is InChI=1S/C16H20N2O4/c19-15(20)1-3-17-7-11-5-13-9-18(4-2-16(21)22)10-14(13)6-12(11)8-17/h5-6H,1-4,7-10H2,(H,19,20)(H,21,22). The molecule has 22 heavy (non-hydrogen) atoms. The zero-order valence-electron chi connectivity index (χ0n) is 12.4. The molecule has 6 heteroatoms. The fraction of sp³-hybridized carbons (Fsp3) is 0.500. The topological polar surface area (TPSA) is 81.1 Å². The van der Waals surface area contributed by atoms with Gasteiger partial charge < -0.3 is 10.2 Å². The highest BCUT2D eigenvalue weighted by molar-refractivity contribution is 5.67. The summed E-state index contributed by atoms with van der Waals surface area (Å²) in [6.45, 7) is 4.41. The number of carbonyl (C=O) groups is 2. The third-order valence-electron chi connectivity index (χ3n) is 4.38. The average Bonchev–Trinajstić information content (AvgIpc) is 3.02. The highest BCUT2D eigenvalue weighted by atomic mass is 16.4. The summed E-state index contributed by atoms with van der Waals surface area (Å²) in [5.41, 5.74) is 5.13. The van der Waals surface area contributed by atoms with Gasteiger partial charge in [0.25, 0.3) is 0 Å². The molecule has 0 saturated heterocycles. The summed E-state index contributed by atoms with van der Waals surface area (Å²) in [7, 11) is 0. The van der Waals surface area contributed by atoms with Gasteiger partial charge in [0.05, 0.1) is 12.8 Å². The Balaban J connectivity index is 1.62. The van der Waals surface area contributed by atoms with E-state index in [0.717, 1.165) is 26.2 Å². The van der Waals surface area contributed by atoms with E-state index in [1.165, 1.54) is 22.3 Å². The Kier molecular flexibility index (Phi) is 4.13. The SMILES string of the molecule is O=C(O)CCN1Cc2cc3c(cc2C1)CN(CCC(=O)O)C3. The predicted molar refractivity (Wildman–Crippen MR) is 79.2 cm³/mol. The van der Waals surface area contributed by atoms with Crippen molar-refractivity contribution in [1.29, 1.82) is 0 Å². The molecule has 0 atom stereocenters. The first-order chi connectivity index (χ1) is 10.5. The molecule has 0 aliphatic carbocycles. The van der Waals surface area contributed by atoms with Crippen LogP contribution in [0.25, 0.3) is 0 Å². The minimum atomic E-state index is -0.757. The van der Waals surface area contributed by atoms with Crippen molar-refractivity contribution in [3.63, 3.8) is 0 Å². The maximum atomic E-state index is 10.7. The first-order valence-electron chi connectivity index (χ1n) is 7.53. The Hall–Kier alpha value is -1.92. The van der Waals surface area contributed by atoms with E-state index in [4.69, 9.17) is 10.2 Å². The van der Waals surface area contributed by atoms with Crippen LogP contribution in [0.2, 0.25) is 0 Å². The molecule has 0 aromatic heterocycles. The van der Waals surface area contributed by atoms with Crippen molar-refractivity contribution in [3.05, 3.63) is 34.4 Å². The summed E-state index contributed by atoms with van der Waals surface area (Å²) in [5.74, 6) is -1.51.